The number of nitrogens with two attached hydrogens (primary N) is 1. The molecule has 0 saturated heterocycles. The number of hydrogen-bond acceptors (Lipinski definition) is 3. The Balaban J connectivity index is 2.24. The molecule has 94 valence electrons. The van der Waals surface area contributed by atoms with Gasteiger partial charge in [0.1, 0.15) is 11.5 Å². The largest absolute Gasteiger partial charge is 0.383 e. The molecule has 0 atom stereocenters. The minimum Gasteiger partial charge on any atom is -0.383 e. The van der Waals surface area contributed by atoms with Gasteiger partial charge in [-0.3, -0.25) is 9.48 Å². The molecular weight excluding hydrogens is 238 g/mol. The second kappa shape index (κ2) is 4.24. The summed E-state index contributed by atoms with van der Waals surface area (Å²) in [6.45, 7) is 0. The molecule has 1 aromatic heterocycles. The number of carbonyl (C=O) groups is 1. The van der Waals surface area contributed by atoms with Crippen molar-refractivity contribution in [3.63, 3.8) is 0 Å². The van der Waals surface area contributed by atoms with E-state index < -0.39 is 0 Å². The number of nitrogens with zero attached hydrogens (tertiary/aromatic N) is 2. The molecule has 0 radical (unpaired) electrons. The molecule has 3 aromatic rings. The zero-order chi connectivity index (χ0) is 13.4. The van der Waals surface area contributed by atoms with Crippen molar-refractivity contribution in [2.75, 3.05) is 5.73 Å². The average molecular weight is 251 g/mol. The quantitative estimate of drug-likeness (QED) is 0.712. The number of nitrogen functional groups attached to an aromatic ring is 1. The number of hydrogen-bond donors (Lipinski definition) is 1. The van der Waals surface area contributed by atoms with Crippen LogP contribution in [0, 0.1) is 0 Å². The topological polar surface area (TPSA) is 60.9 Å². The molecule has 0 spiro atoms. The Morgan fingerprint density at radius 1 is 1.16 bits per heavy atom. The van der Waals surface area contributed by atoms with Crippen molar-refractivity contribution in [3.05, 3.63) is 48.0 Å². The molecule has 0 aliphatic heterocycles. The first kappa shape index (κ1) is 11.5. The molecule has 4 heteroatoms. The van der Waals surface area contributed by atoms with Gasteiger partial charge in [-0.25, -0.2) is 0 Å². The third kappa shape index (κ3) is 1.78. The highest BCUT2D eigenvalue weighted by Crippen LogP contribution is 2.28. The molecule has 3 rings (SSSR count). The second-order valence-corrected chi connectivity index (χ2v) is 4.45. The Labute approximate surface area is 110 Å². The zero-order valence-electron chi connectivity index (χ0n) is 10.5. The van der Waals surface area contributed by atoms with Crippen LogP contribution in [0.4, 0.5) is 5.82 Å². The van der Waals surface area contributed by atoms with Crippen LogP contribution >= 0.6 is 0 Å². The average Bonchev–Trinajstić information content (AvgIpc) is 2.74. The first-order chi connectivity index (χ1) is 9.20. The summed E-state index contributed by atoms with van der Waals surface area (Å²) in [4.78, 5) is 11.2. The van der Waals surface area contributed by atoms with Gasteiger partial charge in [-0.05, 0) is 16.8 Å². The lowest BCUT2D eigenvalue weighted by Crippen LogP contribution is -1.98. The van der Waals surface area contributed by atoms with Gasteiger partial charge in [0.2, 0.25) is 0 Å². The Morgan fingerprint density at radius 2 is 1.89 bits per heavy atom. The number of aldehydes is 1. The van der Waals surface area contributed by atoms with E-state index in [1.807, 2.05) is 42.5 Å². The van der Waals surface area contributed by atoms with Crippen molar-refractivity contribution in [1.82, 2.24) is 9.78 Å². The first-order valence-electron chi connectivity index (χ1n) is 5.97. The predicted molar refractivity (Wildman–Crippen MR) is 75.9 cm³/mol. The van der Waals surface area contributed by atoms with E-state index in [0.717, 1.165) is 22.6 Å². The fraction of sp³-hybridized carbons (Fsp3) is 0.0667. The smallest absolute Gasteiger partial charge is 0.156 e. The molecule has 2 N–H and O–H groups in total. The van der Waals surface area contributed by atoms with E-state index in [2.05, 4.69) is 5.10 Å². The van der Waals surface area contributed by atoms with Crippen molar-refractivity contribution >= 4 is 22.9 Å². The van der Waals surface area contributed by atoms with Crippen LogP contribution in [0.1, 0.15) is 10.4 Å². The molecule has 19 heavy (non-hydrogen) atoms. The molecule has 0 amide bonds. The zero-order valence-corrected chi connectivity index (χ0v) is 10.5. The molecule has 2 aromatic carbocycles. The van der Waals surface area contributed by atoms with Gasteiger partial charge >= 0.3 is 0 Å². The number of fused-ring (bicyclic) bond motifs is 1. The summed E-state index contributed by atoms with van der Waals surface area (Å²) in [7, 11) is 1.73. The highest BCUT2D eigenvalue weighted by molar-refractivity contribution is 5.94. The summed E-state index contributed by atoms with van der Waals surface area (Å²) < 4.78 is 1.52. The van der Waals surface area contributed by atoms with Crippen LogP contribution < -0.4 is 5.73 Å². The maximum atomic E-state index is 11.2. The lowest BCUT2D eigenvalue weighted by Gasteiger charge is -2.01. The summed E-state index contributed by atoms with van der Waals surface area (Å²) in [5, 5.41) is 6.59. The second-order valence-electron chi connectivity index (χ2n) is 4.45. The molecule has 0 unspecified atom stereocenters. The number of carbonyl (C=O) groups excluding carboxylic acids is 1. The molecule has 0 saturated carbocycles. The number of aromatic nitrogens is 2. The van der Waals surface area contributed by atoms with Gasteiger partial charge in [0.05, 0.1) is 5.56 Å². The van der Waals surface area contributed by atoms with Gasteiger partial charge in [0.15, 0.2) is 6.29 Å². The molecular formula is C15H13N3O. The number of aryl methyl sites for hydroxylation is 1. The summed E-state index contributed by atoms with van der Waals surface area (Å²) in [5.74, 6) is 0.387. The first-order valence-corrected chi connectivity index (χ1v) is 5.97. The Bertz CT molecular complexity index is 774. The predicted octanol–water partition coefficient (Wildman–Crippen LogP) is 2.63. The lowest BCUT2D eigenvalue weighted by atomic mass is 10.0. The minimum absolute atomic E-state index is 0.387. The van der Waals surface area contributed by atoms with Crippen LogP contribution in [0.25, 0.3) is 22.0 Å². The highest BCUT2D eigenvalue weighted by Gasteiger charge is 2.14. The van der Waals surface area contributed by atoms with E-state index in [1.165, 1.54) is 4.68 Å². The highest BCUT2D eigenvalue weighted by atomic mass is 16.1. The third-order valence-corrected chi connectivity index (χ3v) is 3.27. The van der Waals surface area contributed by atoms with E-state index in [0.29, 0.717) is 17.1 Å². The number of benzene rings is 2. The van der Waals surface area contributed by atoms with Crippen LogP contribution in [0.3, 0.4) is 0 Å². The fourth-order valence-electron chi connectivity index (χ4n) is 2.22. The summed E-state index contributed by atoms with van der Waals surface area (Å²) in [6, 6.07) is 14.1. The number of anilines is 1. The SMILES string of the molecule is Cn1nc(-c2ccc3ccccc3c2)c(C=O)c1N. The van der Waals surface area contributed by atoms with Crippen molar-refractivity contribution in [2.24, 2.45) is 7.05 Å². The molecule has 1 heterocycles. The summed E-state index contributed by atoms with van der Waals surface area (Å²) in [5.41, 5.74) is 7.80. The molecule has 0 fully saturated rings. The third-order valence-electron chi connectivity index (χ3n) is 3.27. The van der Waals surface area contributed by atoms with Crippen molar-refractivity contribution in [1.29, 1.82) is 0 Å². The van der Waals surface area contributed by atoms with E-state index in [4.69, 9.17) is 5.73 Å². The van der Waals surface area contributed by atoms with E-state index in [-0.39, 0.29) is 0 Å². The van der Waals surface area contributed by atoms with E-state index in [1.54, 1.807) is 7.05 Å². The van der Waals surface area contributed by atoms with Crippen LogP contribution in [0.5, 0.6) is 0 Å². The van der Waals surface area contributed by atoms with Gasteiger partial charge in [0, 0.05) is 12.6 Å². The van der Waals surface area contributed by atoms with Gasteiger partial charge in [-0.1, -0.05) is 36.4 Å². The van der Waals surface area contributed by atoms with Crippen LogP contribution in [-0.2, 0) is 7.05 Å². The van der Waals surface area contributed by atoms with Gasteiger partial charge in [-0.2, -0.15) is 5.10 Å². The van der Waals surface area contributed by atoms with Crippen molar-refractivity contribution in [2.45, 2.75) is 0 Å². The Hall–Kier alpha value is -2.62. The van der Waals surface area contributed by atoms with Crippen LogP contribution in [0.2, 0.25) is 0 Å². The standard InChI is InChI=1S/C15H13N3O/c1-18-15(16)13(9-19)14(17-18)12-7-6-10-4-2-3-5-11(10)8-12/h2-9H,16H2,1H3. The van der Waals surface area contributed by atoms with E-state index in [9.17, 15) is 4.79 Å². The van der Waals surface area contributed by atoms with Gasteiger partial charge in [0.25, 0.3) is 0 Å². The maximum absolute atomic E-state index is 11.2. The lowest BCUT2D eigenvalue weighted by molar-refractivity contribution is 0.112. The molecule has 0 bridgehead atoms. The van der Waals surface area contributed by atoms with E-state index >= 15 is 0 Å². The fourth-order valence-corrected chi connectivity index (χ4v) is 2.22. The number of rotatable bonds is 2. The molecule has 0 aliphatic carbocycles. The normalized spacial score (nSPS) is 10.8. The van der Waals surface area contributed by atoms with Crippen molar-refractivity contribution in [3.8, 4) is 11.3 Å². The van der Waals surface area contributed by atoms with Crippen molar-refractivity contribution < 1.29 is 4.79 Å². The van der Waals surface area contributed by atoms with Crippen LogP contribution in [-0.4, -0.2) is 16.1 Å². The minimum atomic E-state index is 0.387. The maximum Gasteiger partial charge on any atom is 0.156 e. The summed E-state index contributed by atoms with van der Waals surface area (Å²) in [6.07, 6.45) is 0.757. The molecule has 0 aliphatic rings. The molecule has 4 nitrogen and oxygen atoms in total. The van der Waals surface area contributed by atoms with Gasteiger partial charge in [-0.15, -0.1) is 0 Å². The monoisotopic (exact) mass is 251 g/mol. The van der Waals surface area contributed by atoms with Crippen LogP contribution in [0.15, 0.2) is 42.5 Å². The van der Waals surface area contributed by atoms with Gasteiger partial charge < -0.3 is 5.73 Å². The summed E-state index contributed by atoms with van der Waals surface area (Å²) >= 11 is 0. The Kier molecular flexibility index (Phi) is 2.56. The Morgan fingerprint density at radius 3 is 2.63 bits per heavy atom.